The van der Waals surface area contributed by atoms with Gasteiger partial charge in [0.25, 0.3) is 0 Å². The lowest BCUT2D eigenvalue weighted by Gasteiger charge is -2.31. The average molecular weight is 341 g/mol. The van der Waals surface area contributed by atoms with E-state index in [-0.39, 0.29) is 23.9 Å². The molecule has 1 aliphatic rings. The number of hydrogen-bond donors (Lipinski definition) is 2. The van der Waals surface area contributed by atoms with E-state index < -0.39 is 0 Å². The first-order chi connectivity index (χ1) is 12.1. The molecule has 6 nitrogen and oxygen atoms in total. The zero-order valence-electron chi connectivity index (χ0n) is 14.3. The number of furan rings is 1. The monoisotopic (exact) mass is 341 g/mol. The Balaban J connectivity index is 1.46. The summed E-state index contributed by atoms with van der Waals surface area (Å²) in [7, 11) is 0. The molecule has 1 fully saturated rings. The Kier molecular flexibility index (Phi) is 5.38. The fraction of sp³-hybridized carbons (Fsp3) is 0.368. The maximum Gasteiger partial charge on any atom is 0.321 e. The summed E-state index contributed by atoms with van der Waals surface area (Å²) in [4.78, 5) is 26.4. The van der Waals surface area contributed by atoms with Crippen molar-refractivity contribution in [2.24, 2.45) is 5.92 Å². The molecular weight excluding hydrogens is 318 g/mol. The van der Waals surface area contributed by atoms with Gasteiger partial charge in [-0.15, -0.1) is 0 Å². The van der Waals surface area contributed by atoms with Crippen LogP contribution in [0.25, 0.3) is 0 Å². The summed E-state index contributed by atoms with van der Waals surface area (Å²) < 4.78 is 5.31. The van der Waals surface area contributed by atoms with Crippen molar-refractivity contribution in [2.45, 2.75) is 25.8 Å². The first-order valence-electron chi connectivity index (χ1n) is 8.58. The standard InChI is InChI=1S/C19H23N3O3/c1-14(17-8-5-13-25-17)20-18(23)15-9-11-22(12-10-15)19(24)21-16-6-3-2-4-7-16/h2-8,13-15H,9-12H2,1H3,(H,20,23)(H,21,24)/t14-/m1/s1. The Morgan fingerprint density at radius 2 is 1.84 bits per heavy atom. The number of anilines is 1. The van der Waals surface area contributed by atoms with Crippen molar-refractivity contribution in [3.8, 4) is 0 Å². The molecule has 3 rings (SSSR count). The molecule has 0 unspecified atom stereocenters. The third kappa shape index (κ3) is 4.41. The average Bonchev–Trinajstić information content (AvgIpc) is 3.17. The highest BCUT2D eigenvalue weighted by atomic mass is 16.3. The van der Waals surface area contributed by atoms with Crippen LogP contribution in [0.15, 0.2) is 53.1 Å². The minimum absolute atomic E-state index is 0.0204. The molecule has 132 valence electrons. The number of carbonyl (C=O) groups excluding carboxylic acids is 2. The van der Waals surface area contributed by atoms with E-state index in [2.05, 4.69) is 10.6 Å². The number of urea groups is 1. The van der Waals surface area contributed by atoms with Crippen LogP contribution < -0.4 is 10.6 Å². The van der Waals surface area contributed by atoms with Crippen LogP contribution in [0.2, 0.25) is 0 Å². The predicted octanol–water partition coefficient (Wildman–Crippen LogP) is 3.40. The zero-order chi connectivity index (χ0) is 17.6. The number of benzene rings is 1. The lowest BCUT2D eigenvalue weighted by Crippen LogP contribution is -2.44. The van der Waals surface area contributed by atoms with Crippen LogP contribution in [-0.4, -0.2) is 29.9 Å². The van der Waals surface area contributed by atoms with Gasteiger partial charge in [0.05, 0.1) is 12.3 Å². The number of para-hydroxylation sites is 1. The second-order valence-corrected chi connectivity index (χ2v) is 6.30. The summed E-state index contributed by atoms with van der Waals surface area (Å²) in [5.74, 6) is 0.693. The van der Waals surface area contributed by atoms with Crippen LogP contribution in [0.3, 0.4) is 0 Å². The molecule has 0 aliphatic carbocycles. The smallest absolute Gasteiger partial charge is 0.321 e. The van der Waals surface area contributed by atoms with Gasteiger partial charge in [0, 0.05) is 24.7 Å². The molecule has 25 heavy (non-hydrogen) atoms. The largest absolute Gasteiger partial charge is 0.467 e. The third-order valence-electron chi connectivity index (χ3n) is 4.51. The van der Waals surface area contributed by atoms with Crippen molar-refractivity contribution in [3.63, 3.8) is 0 Å². The number of amides is 3. The maximum atomic E-state index is 12.4. The summed E-state index contributed by atoms with van der Waals surface area (Å²) in [6.45, 7) is 3.05. The van der Waals surface area contributed by atoms with Gasteiger partial charge in [-0.1, -0.05) is 18.2 Å². The van der Waals surface area contributed by atoms with Crippen LogP contribution in [0.4, 0.5) is 10.5 Å². The van der Waals surface area contributed by atoms with Crippen LogP contribution in [0.1, 0.15) is 31.6 Å². The second kappa shape index (κ2) is 7.88. The maximum absolute atomic E-state index is 12.4. The summed E-state index contributed by atoms with van der Waals surface area (Å²) in [5, 5.41) is 5.86. The van der Waals surface area contributed by atoms with E-state index in [9.17, 15) is 9.59 Å². The Morgan fingerprint density at radius 1 is 1.12 bits per heavy atom. The zero-order valence-corrected chi connectivity index (χ0v) is 14.3. The number of carbonyl (C=O) groups is 2. The molecule has 6 heteroatoms. The topological polar surface area (TPSA) is 74.6 Å². The van der Waals surface area contributed by atoms with Gasteiger partial charge in [0.1, 0.15) is 5.76 Å². The molecule has 1 aliphatic heterocycles. The van der Waals surface area contributed by atoms with Gasteiger partial charge < -0.3 is 20.0 Å². The van der Waals surface area contributed by atoms with E-state index in [1.54, 1.807) is 11.2 Å². The van der Waals surface area contributed by atoms with E-state index in [1.807, 2.05) is 49.4 Å². The molecule has 0 bridgehead atoms. The number of piperidine rings is 1. The predicted molar refractivity (Wildman–Crippen MR) is 95.0 cm³/mol. The highest BCUT2D eigenvalue weighted by Gasteiger charge is 2.28. The van der Waals surface area contributed by atoms with Crippen molar-refractivity contribution in [3.05, 3.63) is 54.5 Å². The molecular formula is C19H23N3O3. The molecule has 0 saturated carbocycles. The third-order valence-corrected chi connectivity index (χ3v) is 4.51. The van der Waals surface area contributed by atoms with Crippen molar-refractivity contribution in [2.75, 3.05) is 18.4 Å². The lowest BCUT2D eigenvalue weighted by molar-refractivity contribution is -0.127. The van der Waals surface area contributed by atoms with E-state index in [4.69, 9.17) is 4.42 Å². The summed E-state index contributed by atoms with van der Waals surface area (Å²) in [5.41, 5.74) is 0.777. The number of likely N-dealkylation sites (tertiary alicyclic amines) is 1. The van der Waals surface area contributed by atoms with E-state index >= 15 is 0 Å². The van der Waals surface area contributed by atoms with Crippen molar-refractivity contribution in [1.29, 1.82) is 0 Å². The molecule has 2 heterocycles. The van der Waals surface area contributed by atoms with Crippen molar-refractivity contribution >= 4 is 17.6 Å². The highest BCUT2D eigenvalue weighted by Crippen LogP contribution is 2.20. The molecule has 1 atom stereocenters. The van der Waals surface area contributed by atoms with Gasteiger partial charge in [0.2, 0.25) is 5.91 Å². The van der Waals surface area contributed by atoms with E-state index in [0.29, 0.717) is 25.9 Å². The molecule has 0 radical (unpaired) electrons. The molecule has 3 amide bonds. The Morgan fingerprint density at radius 3 is 2.48 bits per heavy atom. The quantitative estimate of drug-likeness (QED) is 0.895. The fourth-order valence-electron chi connectivity index (χ4n) is 3.01. The van der Waals surface area contributed by atoms with E-state index in [0.717, 1.165) is 11.4 Å². The van der Waals surface area contributed by atoms with Crippen LogP contribution in [-0.2, 0) is 4.79 Å². The minimum Gasteiger partial charge on any atom is -0.467 e. The molecule has 1 aromatic carbocycles. The van der Waals surface area contributed by atoms with E-state index in [1.165, 1.54) is 0 Å². The van der Waals surface area contributed by atoms with Gasteiger partial charge in [-0.25, -0.2) is 4.79 Å². The van der Waals surface area contributed by atoms with Crippen LogP contribution in [0.5, 0.6) is 0 Å². The van der Waals surface area contributed by atoms with Gasteiger partial charge in [0.15, 0.2) is 0 Å². The first-order valence-corrected chi connectivity index (χ1v) is 8.58. The van der Waals surface area contributed by atoms with Gasteiger partial charge in [-0.3, -0.25) is 4.79 Å². The molecule has 1 saturated heterocycles. The number of nitrogens with zero attached hydrogens (tertiary/aromatic N) is 1. The number of hydrogen-bond acceptors (Lipinski definition) is 3. The molecule has 2 N–H and O–H groups in total. The highest BCUT2D eigenvalue weighted by molar-refractivity contribution is 5.89. The minimum atomic E-state index is -0.151. The summed E-state index contributed by atoms with van der Waals surface area (Å²) >= 11 is 0. The Labute approximate surface area is 147 Å². The van der Waals surface area contributed by atoms with Crippen LogP contribution in [0, 0.1) is 5.92 Å². The van der Waals surface area contributed by atoms with Crippen molar-refractivity contribution in [1.82, 2.24) is 10.2 Å². The van der Waals surface area contributed by atoms with Crippen molar-refractivity contribution < 1.29 is 14.0 Å². The Hall–Kier alpha value is -2.76. The number of rotatable bonds is 4. The summed E-state index contributed by atoms with van der Waals surface area (Å²) in [6.07, 6.45) is 2.93. The normalized spacial score (nSPS) is 16.3. The summed E-state index contributed by atoms with van der Waals surface area (Å²) in [6, 6.07) is 12.8. The second-order valence-electron chi connectivity index (χ2n) is 6.30. The van der Waals surface area contributed by atoms with Gasteiger partial charge in [-0.2, -0.15) is 0 Å². The SMILES string of the molecule is C[C@@H](NC(=O)C1CCN(C(=O)Nc2ccccc2)CC1)c1ccco1. The molecule has 1 aromatic heterocycles. The van der Waals surface area contributed by atoms with Gasteiger partial charge >= 0.3 is 6.03 Å². The van der Waals surface area contributed by atoms with Crippen LogP contribution >= 0.6 is 0 Å². The molecule has 2 aromatic rings. The lowest BCUT2D eigenvalue weighted by atomic mass is 9.95. The van der Waals surface area contributed by atoms with Gasteiger partial charge in [-0.05, 0) is 44.0 Å². The fourth-order valence-corrected chi connectivity index (χ4v) is 3.01. The Bertz CT molecular complexity index is 692. The molecule has 0 spiro atoms. The number of nitrogens with one attached hydrogen (secondary N) is 2. The first kappa shape index (κ1) is 17.1.